The van der Waals surface area contributed by atoms with Gasteiger partial charge in [0.2, 0.25) is 0 Å². The SMILES string of the molecule is Cc1cn[nH]c1NS(=O)(=O)c1c(N)ncn1C. The molecule has 0 amide bonds. The van der Waals surface area contributed by atoms with Gasteiger partial charge in [-0.1, -0.05) is 0 Å². The lowest BCUT2D eigenvalue weighted by Crippen LogP contribution is -2.18. The van der Waals surface area contributed by atoms with Gasteiger partial charge in [0.25, 0.3) is 10.0 Å². The van der Waals surface area contributed by atoms with E-state index in [-0.39, 0.29) is 10.8 Å². The number of nitrogens with one attached hydrogen (secondary N) is 2. The number of aromatic nitrogens is 4. The van der Waals surface area contributed by atoms with Gasteiger partial charge >= 0.3 is 0 Å². The monoisotopic (exact) mass is 256 g/mol. The zero-order valence-corrected chi connectivity index (χ0v) is 10.1. The van der Waals surface area contributed by atoms with Crippen molar-refractivity contribution in [3.05, 3.63) is 18.1 Å². The van der Waals surface area contributed by atoms with Crippen LogP contribution >= 0.6 is 0 Å². The van der Waals surface area contributed by atoms with Crippen LogP contribution in [0.2, 0.25) is 0 Å². The van der Waals surface area contributed by atoms with Crippen LogP contribution in [-0.4, -0.2) is 28.2 Å². The zero-order valence-electron chi connectivity index (χ0n) is 9.30. The molecule has 0 unspecified atom stereocenters. The number of hydrogen-bond donors (Lipinski definition) is 3. The molecule has 0 spiro atoms. The van der Waals surface area contributed by atoms with Crippen molar-refractivity contribution >= 4 is 21.7 Å². The van der Waals surface area contributed by atoms with Crippen molar-refractivity contribution < 1.29 is 8.42 Å². The fourth-order valence-corrected chi connectivity index (χ4v) is 2.72. The summed E-state index contributed by atoms with van der Waals surface area (Å²) >= 11 is 0. The van der Waals surface area contributed by atoms with Crippen LogP contribution in [0.15, 0.2) is 17.6 Å². The van der Waals surface area contributed by atoms with E-state index in [1.54, 1.807) is 14.0 Å². The van der Waals surface area contributed by atoms with Crippen molar-refractivity contribution in [1.29, 1.82) is 0 Å². The fraction of sp³-hybridized carbons (Fsp3) is 0.250. The summed E-state index contributed by atoms with van der Waals surface area (Å²) in [6.07, 6.45) is 2.86. The molecule has 4 N–H and O–H groups in total. The molecule has 0 bridgehead atoms. The normalized spacial score (nSPS) is 11.6. The van der Waals surface area contributed by atoms with E-state index in [0.717, 1.165) is 0 Å². The highest BCUT2D eigenvalue weighted by Crippen LogP contribution is 2.20. The van der Waals surface area contributed by atoms with Crippen LogP contribution in [0.5, 0.6) is 0 Å². The molecule has 8 nitrogen and oxygen atoms in total. The van der Waals surface area contributed by atoms with Gasteiger partial charge in [-0.25, -0.2) is 4.98 Å². The minimum Gasteiger partial charge on any atom is -0.381 e. The molecule has 0 aliphatic carbocycles. The molecule has 2 aromatic heterocycles. The van der Waals surface area contributed by atoms with Crippen LogP contribution < -0.4 is 10.5 Å². The first kappa shape index (κ1) is 11.5. The van der Waals surface area contributed by atoms with Crippen molar-refractivity contribution in [3.8, 4) is 0 Å². The van der Waals surface area contributed by atoms with Crippen LogP contribution in [0.3, 0.4) is 0 Å². The van der Waals surface area contributed by atoms with Crippen LogP contribution in [0, 0.1) is 6.92 Å². The van der Waals surface area contributed by atoms with Crippen LogP contribution in [-0.2, 0) is 17.1 Å². The Kier molecular flexibility index (Phi) is 2.54. The molecule has 92 valence electrons. The van der Waals surface area contributed by atoms with Gasteiger partial charge in [0.05, 0.1) is 12.5 Å². The first-order chi connectivity index (χ1) is 7.92. The highest BCUT2D eigenvalue weighted by molar-refractivity contribution is 7.92. The number of anilines is 2. The number of hydrogen-bond acceptors (Lipinski definition) is 5. The van der Waals surface area contributed by atoms with Gasteiger partial charge in [0.15, 0.2) is 10.8 Å². The quantitative estimate of drug-likeness (QED) is 0.704. The Morgan fingerprint density at radius 1 is 1.53 bits per heavy atom. The van der Waals surface area contributed by atoms with E-state index in [2.05, 4.69) is 19.9 Å². The predicted octanol–water partition coefficient (Wildman–Crippen LogP) is -0.165. The summed E-state index contributed by atoms with van der Waals surface area (Å²) in [5.41, 5.74) is 6.21. The number of H-pyrrole nitrogens is 1. The fourth-order valence-electron chi connectivity index (χ4n) is 1.40. The molecule has 0 atom stereocenters. The van der Waals surface area contributed by atoms with Crippen molar-refractivity contribution in [2.24, 2.45) is 7.05 Å². The molecular weight excluding hydrogens is 244 g/mol. The Balaban J connectivity index is 2.42. The first-order valence-corrected chi connectivity index (χ1v) is 6.19. The third-order valence-corrected chi connectivity index (χ3v) is 3.71. The van der Waals surface area contributed by atoms with Crippen molar-refractivity contribution in [2.45, 2.75) is 11.9 Å². The summed E-state index contributed by atoms with van der Waals surface area (Å²) in [4.78, 5) is 3.73. The largest absolute Gasteiger partial charge is 0.381 e. The smallest absolute Gasteiger partial charge is 0.282 e. The molecule has 2 aromatic rings. The predicted molar refractivity (Wildman–Crippen MR) is 61.8 cm³/mol. The number of nitrogens with two attached hydrogens (primary N) is 1. The average Bonchev–Trinajstić information content (AvgIpc) is 2.74. The van der Waals surface area contributed by atoms with E-state index < -0.39 is 10.0 Å². The molecule has 17 heavy (non-hydrogen) atoms. The summed E-state index contributed by atoms with van der Waals surface area (Å²) in [6.45, 7) is 1.73. The second-order valence-corrected chi connectivity index (χ2v) is 5.18. The Labute approximate surface area is 97.9 Å². The maximum Gasteiger partial charge on any atom is 0.282 e. The number of nitrogens with zero attached hydrogens (tertiary/aromatic N) is 3. The number of rotatable bonds is 3. The minimum atomic E-state index is -3.77. The molecule has 9 heteroatoms. The van der Waals surface area contributed by atoms with Crippen molar-refractivity contribution in [2.75, 3.05) is 10.5 Å². The Hall–Kier alpha value is -2.03. The molecule has 2 rings (SSSR count). The second-order valence-electron chi connectivity index (χ2n) is 3.58. The molecule has 0 aliphatic heterocycles. The Morgan fingerprint density at radius 2 is 2.24 bits per heavy atom. The zero-order chi connectivity index (χ0) is 12.6. The van der Waals surface area contributed by atoms with E-state index in [4.69, 9.17) is 5.73 Å². The van der Waals surface area contributed by atoms with Gasteiger partial charge in [-0.15, -0.1) is 0 Å². The number of imidazole rings is 1. The van der Waals surface area contributed by atoms with Gasteiger partial charge in [-0.3, -0.25) is 9.82 Å². The van der Waals surface area contributed by atoms with Crippen molar-refractivity contribution in [1.82, 2.24) is 19.7 Å². The third-order valence-electron chi connectivity index (χ3n) is 2.23. The summed E-state index contributed by atoms with van der Waals surface area (Å²) in [6, 6.07) is 0. The number of aryl methyl sites for hydroxylation is 2. The molecule has 0 aromatic carbocycles. The lowest BCUT2D eigenvalue weighted by molar-refractivity contribution is 0.591. The van der Waals surface area contributed by atoms with Gasteiger partial charge in [0.1, 0.15) is 5.82 Å². The summed E-state index contributed by atoms with van der Waals surface area (Å²) in [7, 11) is -2.22. The highest BCUT2D eigenvalue weighted by Gasteiger charge is 2.23. The molecule has 2 heterocycles. The Bertz CT molecular complexity index is 621. The highest BCUT2D eigenvalue weighted by atomic mass is 32.2. The topological polar surface area (TPSA) is 119 Å². The van der Waals surface area contributed by atoms with Crippen LogP contribution in [0.4, 0.5) is 11.6 Å². The Morgan fingerprint density at radius 3 is 2.71 bits per heavy atom. The molecular formula is C8H12N6O2S. The van der Waals surface area contributed by atoms with Crippen LogP contribution in [0.25, 0.3) is 0 Å². The van der Waals surface area contributed by atoms with Gasteiger partial charge in [-0.2, -0.15) is 13.5 Å². The standard InChI is InChI=1S/C8H12N6O2S/c1-5-3-11-12-7(5)13-17(15,16)8-6(9)10-4-14(8)2/h3-4H,9H2,1-2H3,(H2,11,12,13). The van der Waals surface area contributed by atoms with E-state index in [9.17, 15) is 8.42 Å². The van der Waals surface area contributed by atoms with E-state index >= 15 is 0 Å². The second kappa shape index (κ2) is 3.77. The molecule has 0 radical (unpaired) electrons. The number of sulfonamides is 1. The summed E-state index contributed by atoms with van der Waals surface area (Å²) in [5.74, 6) is 0.266. The maximum atomic E-state index is 12.1. The van der Waals surface area contributed by atoms with Crippen molar-refractivity contribution in [3.63, 3.8) is 0 Å². The third kappa shape index (κ3) is 1.96. The summed E-state index contributed by atoms with van der Waals surface area (Å²) in [5, 5.41) is 6.20. The average molecular weight is 256 g/mol. The number of nitrogen functional groups attached to an aromatic ring is 1. The van der Waals surface area contributed by atoms with Gasteiger partial charge < -0.3 is 10.3 Å². The molecule has 0 saturated carbocycles. The first-order valence-electron chi connectivity index (χ1n) is 4.71. The summed E-state index contributed by atoms with van der Waals surface area (Å²) < 4.78 is 27.8. The lowest BCUT2D eigenvalue weighted by atomic mass is 10.4. The molecule has 0 saturated heterocycles. The van der Waals surface area contributed by atoms with E-state index in [1.165, 1.54) is 17.1 Å². The molecule has 0 aliphatic rings. The van der Waals surface area contributed by atoms with E-state index in [0.29, 0.717) is 11.4 Å². The van der Waals surface area contributed by atoms with Gasteiger partial charge in [0, 0.05) is 12.6 Å². The lowest BCUT2D eigenvalue weighted by Gasteiger charge is -2.07. The van der Waals surface area contributed by atoms with E-state index in [1.807, 2.05) is 0 Å². The number of aromatic amines is 1. The maximum absolute atomic E-state index is 12.1. The molecule has 0 fully saturated rings. The minimum absolute atomic E-state index is 0.0443. The van der Waals surface area contributed by atoms with Crippen LogP contribution in [0.1, 0.15) is 5.56 Å². The van der Waals surface area contributed by atoms with Gasteiger partial charge in [-0.05, 0) is 6.92 Å².